The fraction of sp³-hybridized carbons (Fsp3) is 0.486. The van der Waals surface area contributed by atoms with Crippen LogP contribution in [-0.4, -0.2) is 81.0 Å². The zero-order chi connectivity index (χ0) is 33.3. The number of pyridine rings is 1. The van der Waals surface area contributed by atoms with E-state index in [-0.39, 0.29) is 64.2 Å². The van der Waals surface area contributed by atoms with Crippen LogP contribution in [0.5, 0.6) is 11.8 Å². The van der Waals surface area contributed by atoms with Crippen molar-refractivity contribution in [1.82, 2.24) is 25.2 Å². The Labute approximate surface area is 277 Å². The second kappa shape index (κ2) is 11.8. The summed E-state index contributed by atoms with van der Waals surface area (Å²) in [6.07, 6.45) is 10.1. The predicted octanol–water partition coefficient (Wildman–Crippen LogP) is 6.05. The summed E-state index contributed by atoms with van der Waals surface area (Å²) in [4.78, 5) is 19.0. The zero-order valence-electron chi connectivity index (χ0n) is 27.2. The van der Waals surface area contributed by atoms with Gasteiger partial charge in [0.25, 0.3) is 0 Å². The maximum Gasteiger partial charge on any atom is 0.319 e. The van der Waals surface area contributed by atoms with Gasteiger partial charge in [-0.15, -0.1) is 6.42 Å². The number of nitrogens with zero attached hydrogens (tertiary/aromatic N) is 5. The largest absolute Gasteiger partial charge is 0.508 e. The number of terminal acetylenes is 1. The maximum absolute atomic E-state index is 17.2. The number of halogens is 3. The lowest BCUT2D eigenvalue weighted by atomic mass is 9.90. The highest BCUT2D eigenvalue weighted by atomic mass is 19.1. The SMILES string of the molecule is C#Cc1c(F)ccc2cc(O)cc(-c3nc4c5c(nc(OC[C@@]67CCCN6C[C@H](F)C7)nc5c3F)N3C[C@@H](C)N[C@@H](CC)[C@H]3CCC4)c12. The Morgan fingerprint density at radius 2 is 2.00 bits per heavy atom. The minimum absolute atomic E-state index is 0.0257. The van der Waals surface area contributed by atoms with Gasteiger partial charge >= 0.3 is 6.01 Å². The monoisotopic (exact) mass is 656 g/mol. The number of hydrogen-bond acceptors (Lipinski definition) is 8. The number of anilines is 1. The van der Waals surface area contributed by atoms with E-state index in [2.05, 4.69) is 34.9 Å². The topological polar surface area (TPSA) is 86.6 Å². The number of alkyl halides is 1. The highest BCUT2D eigenvalue weighted by Gasteiger charge is 2.49. The number of rotatable bonds is 5. The molecule has 8 rings (SSSR count). The van der Waals surface area contributed by atoms with E-state index in [0.717, 1.165) is 38.6 Å². The third kappa shape index (κ3) is 4.95. The first-order valence-electron chi connectivity index (χ1n) is 17.1. The van der Waals surface area contributed by atoms with Crippen molar-refractivity contribution >= 4 is 27.5 Å². The molecule has 250 valence electrons. The Kier molecular flexibility index (Phi) is 7.64. The molecule has 0 radical (unpaired) electrons. The minimum Gasteiger partial charge on any atom is -0.508 e. The molecule has 2 N–H and O–H groups in total. The number of ether oxygens (including phenoxy) is 1. The predicted molar refractivity (Wildman–Crippen MR) is 179 cm³/mol. The van der Waals surface area contributed by atoms with Crippen LogP contribution in [0.2, 0.25) is 0 Å². The van der Waals surface area contributed by atoms with Crippen molar-refractivity contribution in [2.45, 2.75) is 88.6 Å². The lowest BCUT2D eigenvalue weighted by Gasteiger charge is -2.46. The average Bonchev–Trinajstić information content (AvgIpc) is 3.59. The summed E-state index contributed by atoms with van der Waals surface area (Å²) in [6, 6.07) is 6.09. The molecule has 0 unspecified atom stereocenters. The third-order valence-electron chi connectivity index (χ3n) is 11.0. The van der Waals surface area contributed by atoms with Crippen LogP contribution in [0.3, 0.4) is 0 Å². The smallest absolute Gasteiger partial charge is 0.319 e. The van der Waals surface area contributed by atoms with Crippen molar-refractivity contribution in [2.24, 2.45) is 0 Å². The number of hydrogen-bond donors (Lipinski definition) is 2. The number of aromatic nitrogens is 3. The van der Waals surface area contributed by atoms with Gasteiger partial charge in [-0.2, -0.15) is 9.97 Å². The Hall–Kier alpha value is -4.14. The van der Waals surface area contributed by atoms with Crippen LogP contribution in [-0.2, 0) is 6.42 Å². The van der Waals surface area contributed by atoms with Crippen molar-refractivity contribution in [2.75, 3.05) is 31.1 Å². The number of aryl methyl sites for hydroxylation is 1. The minimum atomic E-state index is -0.919. The molecule has 0 amide bonds. The molecule has 48 heavy (non-hydrogen) atoms. The molecular weight excluding hydrogens is 617 g/mol. The quantitative estimate of drug-likeness (QED) is 0.252. The van der Waals surface area contributed by atoms with Gasteiger partial charge in [0, 0.05) is 48.6 Å². The average molecular weight is 657 g/mol. The molecule has 0 bridgehead atoms. The molecule has 0 aliphatic carbocycles. The molecule has 5 atom stereocenters. The maximum atomic E-state index is 17.2. The summed E-state index contributed by atoms with van der Waals surface area (Å²) in [5, 5.41) is 15.7. The molecule has 6 heterocycles. The van der Waals surface area contributed by atoms with Gasteiger partial charge in [-0.05, 0) is 75.6 Å². The van der Waals surface area contributed by atoms with Crippen molar-refractivity contribution in [3.8, 4) is 35.4 Å². The Morgan fingerprint density at radius 1 is 1.15 bits per heavy atom. The van der Waals surface area contributed by atoms with Crippen LogP contribution < -0.4 is 15.0 Å². The molecule has 0 saturated carbocycles. The molecule has 2 aromatic carbocycles. The Balaban J connectivity index is 1.35. The van der Waals surface area contributed by atoms with E-state index >= 15 is 8.78 Å². The fourth-order valence-electron chi connectivity index (χ4n) is 8.88. The van der Waals surface area contributed by atoms with Gasteiger partial charge in [-0.1, -0.05) is 18.9 Å². The van der Waals surface area contributed by atoms with Crippen molar-refractivity contribution in [3.05, 3.63) is 47.2 Å². The molecule has 2 aromatic heterocycles. The van der Waals surface area contributed by atoms with E-state index in [1.807, 2.05) is 0 Å². The van der Waals surface area contributed by atoms with E-state index in [1.165, 1.54) is 24.3 Å². The van der Waals surface area contributed by atoms with Crippen LogP contribution in [0.25, 0.3) is 32.9 Å². The summed E-state index contributed by atoms with van der Waals surface area (Å²) in [5.41, 5.74) is 0.285. The van der Waals surface area contributed by atoms with Crippen LogP contribution in [0, 0.1) is 24.0 Å². The zero-order valence-corrected chi connectivity index (χ0v) is 27.2. The van der Waals surface area contributed by atoms with E-state index < -0.39 is 23.3 Å². The van der Waals surface area contributed by atoms with Gasteiger partial charge in [-0.25, -0.2) is 18.2 Å². The van der Waals surface area contributed by atoms with Gasteiger partial charge in [0.05, 0.1) is 22.2 Å². The number of fused-ring (bicyclic) bond motifs is 4. The second-order valence-corrected chi connectivity index (χ2v) is 14.0. The number of nitrogens with one attached hydrogen (secondary N) is 1. The molecule has 4 aliphatic rings. The molecule has 8 nitrogen and oxygen atoms in total. The van der Waals surface area contributed by atoms with Crippen LogP contribution in [0.15, 0.2) is 24.3 Å². The molecule has 3 saturated heterocycles. The highest BCUT2D eigenvalue weighted by Crippen LogP contribution is 2.44. The Morgan fingerprint density at radius 3 is 2.81 bits per heavy atom. The summed E-state index contributed by atoms with van der Waals surface area (Å²) in [6.45, 7) is 6.35. The van der Waals surface area contributed by atoms with Gasteiger partial charge in [0.1, 0.15) is 41.4 Å². The lowest BCUT2D eigenvalue weighted by molar-refractivity contribution is 0.107. The molecule has 3 fully saturated rings. The summed E-state index contributed by atoms with van der Waals surface area (Å²) in [5.74, 6) is 1.50. The standard InChI is InChI=1S/C37H39F3N6O2/c1-4-24-26(39)11-10-21-14-23(47)15-25(30(21)24)33-32(40)34-31-28(42-33)8-6-9-29-27(5-2)41-20(3)17-46(29)35(31)44-36(43-34)48-19-37-12-7-13-45(37)18-22(38)16-37/h1,10-11,14-15,20,22,27,29,41,47H,5-9,12-13,16-19H2,2-3H3/t20-,22-,27+,29-,37+/m1/s1. The van der Waals surface area contributed by atoms with Gasteiger partial charge < -0.3 is 20.1 Å². The van der Waals surface area contributed by atoms with E-state index in [0.29, 0.717) is 48.2 Å². The molecule has 4 aliphatic heterocycles. The number of phenolic OH excluding ortho intramolecular Hbond substituents is 1. The normalized spacial score (nSPS) is 27.0. The van der Waals surface area contributed by atoms with Crippen molar-refractivity contribution in [1.29, 1.82) is 0 Å². The number of benzene rings is 2. The first-order chi connectivity index (χ1) is 23.2. The van der Waals surface area contributed by atoms with Crippen molar-refractivity contribution < 1.29 is 23.0 Å². The van der Waals surface area contributed by atoms with E-state index in [1.54, 1.807) is 0 Å². The number of piperazine rings is 1. The fourth-order valence-corrected chi connectivity index (χ4v) is 8.88. The number of phenols is 1. The van der Waals surface area contributed by atoms with Crippen LogP contribution in [0.4, 0.5) is 19.0 Å². The van der Waals surface area contributed by atoms with Crippen LogP contribution >= 0.6 is 0 Å². The molecule has 4 aromatic rings. The van der Waals surface area contributed by atoms with E-state index in [9.17, 15) is 9.50 Å². The first-order valence-corrected chi connectivity index (χ1v) is 17.1. The van der Waals surface area contributed by atoms with Gasteiger partial charge in [0.15, 0.2) is 5.82 Å². The summed E-state index contributed by atoms with van der Waals surface area (Å²) < 4.78 is 53.2. The summed E-state index contributed by atoms with van der Waals surface area (Å²) >= 11 is 0. The van der Waals surface area contributed by atoms with Crippen molar-refractivity contribution in [3.63, 3.8) is 0 Å². The second-order valence-electron chi connectivity index (χ2n) is 14.0. The van der Waals surface area contributed by atoms with E-state index in [4.69, 9.17) is 26.1 Å². The van der Waals surface area contributed by atoms with Crippen LogP contribution in [0.1, 0.15) is 63.6 Å². The molecular formula is C37H39F3N6O2. The highest BCUT2D eigenvalue weighted by molar-refractivity contribution is 6.03. The van der Waals surface area contributed by atoms with Gasteiger partial charge in [-0.3, -0.25) is 4.90 Å². The number of aromatic hydroxyl groups is 1. The molecule has 11 heteroatoms. The Bertz CT molecular complexity index is 1980. The van der Waals surface area contributed by atoms with Gasteiger partial charge in [0.2, 0.25) is 0 Å². The molecule has 0 spiro atoms. The summed E-state index contributed by atoms with van der Waals surface area (Å²) in [7, 11) is 0. The first kappa shape index (κ1) is 31.1. The lowest BCUT2D eigenvalue weighted by Crippen LogP contribution is -2.62. The third-order valence-corrected chi connectivity index (χ3v) is 11.0.